The van der Waals surface area contributed by atoms with Crippen molar-refractivity contribution in [2.24, 2.45) is 0 Å². The number of rotatable bonds is 4. The number of benzene rings is 1. The highest BCUT2D eigenvalue weighted by Gasteiger charge is 2.21. The van der Waals surface area contributed by atoms with Crippen LogP contribution in [0.15, 0.2) is 18.2 Å². The average Bonchev–Trinajstić information content (AvgIpc) is 2.28. The molecular weight excluding hydrogens is 238 g/mol. The molecule has 0 spiro atoms. The van der Waals surface area contributed by atoms with Crippen LogP contribution in [0.2, 0.25) is 0 Å². The van der Waals surface area contributed by atoms with Gasteiger partial charge in [0.25, 0.3) is 5.91 Å². The monoisotopic (exact) mass is 253 g/mol. The van der Waals surface area contributed by atoms with Crippen LogP contribution in [0.5, 0.6) is 11.5 Å². The van der Waals surface area contributed by atoms with Crippen LogP contribution in [0.4, 0.5) is 0 Å². The van der Waals surface area contributed by atoms with Crippen molar-refractivity contribution in [2.45, 2.75) is 19.9 Å². The number of hydrogen-bond donors (Lipinski definition) is 3. The van der Waals surface area contributed by atoms with Crippen LogP contribution >= 0.6 is 0 Å². The van der Waals surface area contributed by atoms with Crippen LogP contribution in [-0.2, 0) is 4.79 Å². The zero-order valence-corrected chi connectivity index (χ0v) is 10.1. The van der Waals surface area contributed by atoms with Crippen LogP contribution in [0.25, 0.3) is 0 Å². The first kappa shape index (κ1) is 13.8. The Bertz CT molecular complexity index is 470. The molecule has 0 saturated carbocycles. The zero-order chi connectivity index (χ0) is 13.9. The van der Waals surface area contributed by atoms with Crippen molar-refractivity contribution in [3.05, 3.63) is 23.8 Å². The first-order valence-corrected chi connectivity index (χ1v) is 5.37. The van der Waals surface area contributed by atoms with Gasteiger partial charge in [-0.3, -0.25) is 9.59 Å². The Labute approximate surface area is 104 Å². The molecule has 0 bridgehead atoms. The lowest BCUT2D eigenvalue weighted by Gasteiger charge is -2.25. The number of carboxylic acid groups (broad SMARTS) is 1. The lowest BCUT2D eigenvalue weighted by atomic mass is 10.1. The first-order chi connectivity index (χ1) is 8.32. The normalized spacial score (nSPS) is 10.4. The molecule has 0 radical (unpaired) electrons. The van der Waals surface area contributed by atoms with E-state index in [-0.39, 0.29) is 17.4 Å². The summed E-state index contributed by atoms with van der Waals surface area (Å²) >= 11 is 0. The van der Waals surface area contributed by atoms with Crippen molar-refractivity contribution in [3.63, 3.8) is 0 Å². The fourth-order valence-corrected chi connectivity index (χ4v) is 1.46. The van der Waals surface area contributed by atoms with Gasteiger partial charge in [0.2, 0.25) is 0 Å². The molecule has 0 saturated heterocycles. The van der Waals surface area contributed by atoms with Crippen molar-refractivity contribution in [1.29, 1.82) is 0 Å². The Morgan fingerprint density at radius 3 is 2.28 bits per heavy atom. The molecule has 0 aliphatic rings. The van der Waals surface area contributed by atoms with Gasteiger partial charge in [-0.2, -0.15) is 0 Å². The van der Waals surface area contributed by atoms with E-state index in [1.807, 2.05) is 0 Å². The Morgan fingerprint density at radius 1 is 1.22 bits per heavy atom. The van der Waals surface area contributed by atoms with Gasteiger partial charge in [-0.15, -0.1) is 0 Å². The van der Waals surface area contributed by atoms with Crippen LogP contribution in [0.1, 0.15) is 24.2 Å². The number of amides is 1. The number of aliphatic carboxylic acids is 1. The van der Waals surface area contributed by atoms with Crippen molar-refractivity contribution in [2.75, 3.05) is 6.54 Å². The molecule has 18 heavy (non-hydrogen) atoms. The minimum atomic E-state index is -1.11. The van der Waals surface area contributed by atoms with Gasteiger partial charge in [0, 0.05) is 11.6 Å². The molecule has 1 aromatic carbocycles. The molecule has 0 unspecified atom stereocenters. The van der Waals surface area contributed by atoms with E-state index < -0.39 is 24.2 Å². The van der Waals surface area contributed by atoms with Gasteiger partial charge in [0.15, 0.2) is 11.5 Å². The van der Waals surface area contributed by atoms with Crippen LogP contribution in [0.3, 0.4) is 0 Å². The third kappa shape index (κ3) is 3.13. The molecule has 3 N–H and O–H groups in total. The van der Waals surface area contributed by atoms with Gasteiger partial charge in [0.1, 0.15) is 6.54 Å². The summed E-state index contributed by atoms with van der Waals surface area (Å²) in [5.74, 6) is -2.37. The summed E-state index contributed by atoms with van der Waals surface area (Å²) in [5, 5.41) is 27.2. The molecule has 98 valence electrons. The second kappa shape index (κ2) is 5.39. The predicted molar refractivity (Wildman–Crippen MR) is 63.6 cm³/mol. The van der Waals surface area contributed by atoms with Crippen molar-refractivity contribution in [1.82, 2.24) is 4.90 Å². The molecule has 1 aromatic rings. The van der Waals surface area contributed by atoms with Crippen LogP contribution in [0, 0.1) is 0 Å². The van der Waals surface area contributed by atoms with E-state index >= 15 is 0 Å². The fourth-order valence-electron chi connectivity index (χ4n) is 1.46. The third-order valence-electron chi connectivity index (χ3n) is 2.41. The van der Waals surface area contributed by atoms with E-state index in [0.29, 0.717) is 0 Å². The Hall–Kier alpha value is -2.24. The number of phenolic OH excluding ortho intramolecular Hbond substituents is 2. The number of hydrogen-bond acceptors (Lipinski definition) is 4. The molecule has 0 aliphatic carbocycles. The zero-order valence-electron chi connectivity index (χ0n) is 10.1. The highest BCUT2D eigenvalue weighted by atomic mass is 16.4. The lowest BCUT2D eigenvalue weighted by molar-refractivity contribution is -0.138. The summed E-state index contributed by atoms with van der Waals surface area (Å²) in [6.07, 6.45) is 0. The minimum absolute atomic E-state index is 0.125. The molecule has 1 amide bonds. The smallest absolute Gasteiger partial charge is 0.323 e. The SMILES string of the molecule is CC(C)N(CC(=O)O)C(=O)c1ccc(O)c(O)c1. The molecule has 1 rings (SSSR count). The second-order valence-electron chi connectivity index (χ2n) is 4.12. The maximum Gasteiger partial charge on any atom is 0.323 e. The van der Waals surface area contributed by atoms with E-state index in [2.05, 4.69) is 0 Å². The number of aromatic hydroxyl groups is 2. The number of carbonyl (C=O) groups is 2. The summed E-state index contributed by atoms with van der Waals surface area (Å²) in [7, 11) is 0. The highest BCUT2D eigenvalue weighted by Crippen LogP contribution is 2.25. The van der Waals surface area contributed by atoms with E-state index in [0.717, 1.165) is 11.0 Å². The standard InChI is InChI=1S/C12H15NO5/c1-7(2)13(6-11(16)17)12(18)8-3-4-9(14)10(15)5-8/h3-5,7,14-15H,6H2,1-2H3,(H,16,17). The Morgan fingerprint density at radius 2 is 1.83 bits per heavy atom. The average molecular weight is 253 g/mol. The van der Waals surface area contributed by atoms with E-state index in [9.17, 15) is 14.7 Å². The molecule has 0 aliphatic heterocycles. The summed E-state index contributed by atoms with van der Waals surface area (Å²) in [4.78, 5) is 23.9. The number of phenols is 2. The topological polar surface area (TPSA) is 98.1 Å². The summed E-state index contributed by atoms with van der Waals surface area (Å²) in [5.41, 5.74) is 0.125. The van der Waals surface area contributed by atoms with Crippen molar-refractivity contribution >= 4 is 11.9 Å². The molecule has 0 aromatic heterocycles. The number of nitrogens with zero attached hydrogens (tertiary/aromatic N) is 1. The second-order valence-corrected chi connectivity index (χ2v) is 4.12. The first-order valence-electron chi connectivity index (χ1n) is 5.37. The third-order valence-corrected chi connectivity index (χ3v) is 2.41. The number of carbonyl (C=O) groups excluding carboxylic acids is 1. The Balaban J connectivity index is 3.02. The maximum atomic E-state index is 12.1. The molecule has 0 atom stereocenters. The lowest BCUT2D eigenvalue weighted by Crippen LogP contribution is -2.40. The Kier molecular flexibility index (Phi) is 4.14. The van der Waals surface area contributed by atoms with Crippen LogP contribution in [-0.4, -0.2) is 44.7 Å². The maximum absolute atomic E-state index is 12.1. The van der Waals surface area contributed by atoms with Gasteiger partial charge in [-0.05, 0) is 32.0 Å². The van der Waals surface area contributed by atoms with E-state index in [1.54, 1.807) is 13.8 Å². The van der Waals surface area contributed by atoms with Gasteiger partial charge < -0.3 is 20.2 Å². The molecule has 6 nitrogen and oxygen atoms in total. The minimum Gasteiger partial charge on any atom is -0.504 e. The molecular formula is C12H15NO5. The van der Waals surface area contributed by atoms with E-state index in [1.165, 1.54) is 12.1 Å². The van der Waals surface area contributed by atoms with Gasteiger partial charge >= 0.3 is 5.97 Å². The molecule has 0 heterocycles. The number of carboxylic acids is 1. The van der Waals surface area contributed by atoms with E-state index in [4.69, 9.17) is 10.2 Å². The molecule has 6 heteroatoms. The van der Waals surface area contributed by atoms with Crippen LogP contribution < -0.4 is 0 Å². The van der Waals surface area contributed by atoms with Crippen molar-refractivity contribution in [3.8, 4) is 11.5 Å². The summed E-state index contributed by atoms with van der Waals surface area (Å²) in [6.45, 7) is 2.97. The van der Waals surface area contributed by atoms with Crippen molar-refractivity contribution < 1.29 is 24.9 Å². The predicted octanol–water partition coefficient (Wildman–Crippen LogP) is 1.03. The summed E-state index contributed by atoms with van der Waals surface area (Å²) < 4.78 is 0. The summed E-state index contributed by atoms with van der Waals surface area (Å²) in [6, 6.07) is 3.33. The highest BCUT2D eigenvalue weighted by molar-refractivity contribution is 5.96. The fraction of sp³-hybridized carbons (Fsp3) is 0.333. The van der Waals surface area contributed by atoms with Gasteiger partial charge in [0.05, 0.1) is 0 Å². The quantitative estimate of drug-likeness (QED) is 0.696. The largest absolute Gasteiger partial charge is 0.504 e. The van der Waals surface area contributed by atoms with Gasteiger partial charge in [-0.25, -0.2) is 0 Å². The van der Waals surface area contributed by atoms with Gasteiger partial charge in [-0.1, -0.05) is 0 Å². The molecule has 0 fully saturated rings.